The van der Waals surface area contributed by atoms with Crippen LogP contribution in [0.1, 0.15) is 20.8 Å². The van der Waals surface area contributed by atoms with E-state index in [0.717, 1.165) is 5.75 Å². The Morgan fingerprint density at radius 3 is 2.12 bits per heavy atom. The minimum absolute atomic E-state index is 0.158. The molecule has 1 heterocycles. The van der Waals surface area contributed by atoms with Crippen molar-refractivity contribution in [1.29, 1.82) is 0 Å². The molecule has 0 fully saturated rings. The summed E-state index contributed by atoms with van der Waals surface area (Å²) >= 11 is 0. The van der Waals surface area contributed by atoms with Crippen LogP contribution in [0, 0.1) is 0 Å². The Balaban J connectivity index is 2.11. The molecule has 0 aliphatic heterocycles. The quantitative estimate of drug-likeness (QED) is 0.599. The summed E-state index contributed by atoms with van der Waals surface area (Å²) in [6, 6.07) is 10.9. The third kappa shape index (κ3) is 4.32. The van der Waals surface area contributed by atoms with E-state index in [1.807, 2.05) is 24.3 Å². The van der Waals surface area contributed by atoms with Crippen molar-refractivity contribution in [3.8, 4) is 5.75 Å². The summed E-state index contributed by atoms with van der Waals surface area (Å²) in [5.41, 5.74) is 12.5. The number of rotatable bonds is 4. The third-order valence-electron chi connectivity index (χ3n) is 4.21. The third-order valence-corrected chi connectivity index (χ3v) is 8.57. The summed E-state index contributed by atoms with van der Waals surface area (Å²) in [7, 11) is -1.84. The Morgan fingerprint density at radius 1 is 0.958 bits per heavy atom. The van der Waals surface area contributed by atoms with Crippen molar-refractivity contribution in [3.63, 3.8) is 0 Å². The van der Waals surface area contributed by atoms with Crippen LogP contribution in [-0.4, -0.2) is 13.3 Å². The van der Waals surface area contributed by atoms with Crippen LogP contribution in [0.15, 0.2) is 46.6 Å². The molecule has 2 rings (SSSR count). The molecule has 0 amide bonds. The molecule has 0 aliphatic rings. The van der Waals surface area contributed by atoms with Crippen LogP contribution in [0.3, 0.4) is 0 Å². The average molecular weight is 344 g/mol. The van der Waals surface area contributed by atoms with Gasteiger partial charge in [0, 0.05) is 0 Å². The number of aromatic nitrogens is 1. The molecule has 2 aromatic rings. The van der Waals surface area contributed by atoms with E-state index in [1.165, 1.54) is 0 Å². The van der Waals surface area contributed by atoms with Crippen molar-refractivity contribution in [2.24, 2.45) is 10.2 Å². The Morgan fingerprint density at radius 2 is 1.58 bits per heavy atom. The smallest absolute Gasteiger partial charge is 0.250 e. The maximum absolute atomic E-state index is 6.24. The highest BCUT2D eigenvalue weighted by Crippen LogP contribution is 2.37. The highest BCUT2D eigenvalue weighted by atomic mass is 28.4. The first kappa shape index (κ1) is 17.9. The van der Waals surface area contributed by atoms with Crippen molar-refractivity contribution in [2.45, 2.75) is 38.9 Å². The van der Waals surface area contributed by atoms with Gasteiger partial charge in [-0.1, -0.05) is 20.8 Å². The Kier molecular flexibility index (Phi) is 4.93. The van der Waals surface area contributed by atoms with Gasteiger partial charge in [-0.15, -0.1) is 5.11 Å². The summed E-state index contributed by atoms with van der Waals surface area (Å²) in [4.78, 5) is 3.95. The number of nitrogens with two attached hydrogens (primary N) is 2. The van der Waals surface area contributed by atoms with Gasteiger partial charge >= 0.3 is 0 Å². The molecule has 24 heavy (non-hydrogen) atoms. The lowest BCUT2D eigenvalue weighted by molar-refractivity contribution is 0.492. The zero-order valence-corrected chi connectivity index (χ0v) is 15.9. The molecule has 0 saturated heterocycles. The number of anilines is 2. The summed E-state index contributed by atoms with van der Waals surface area (Å²) in [6.45, 7) is 11.1. The van der Waals surface area contributed by atoms with Crippen LogP contribution in [0.4, 0.5) is 23.0 Å². The molecule has 0 bridgehead atoms. The fraction of sp³-hybridized carbons (Fsp3) is 0.353. The molecule has 0 unspecified atom stereocenters. The van der Waals surface area contributed by atoms with Crippen molar-refractivity contribution < 1.29 is 4.43 Å². The lowest BCUT2D eigenvalue weighted by Gasteiger charge is -2.36. The Bertz CT molecular complexity index is 736. The lowest BCUT2D eigenvalue weighted by atomic mass is 10.2. The number of pyridine rings is 1. The van der Waals surface area contributed by atoms with Crippen molar-refractivity contribution in [3.05, 3.63) is 36.4 Å². The number of hydrogen-bond donors (Lipinski definition) is 2. The maximum atomic E-state index is 6.24. The predicted molar refractivity (Wildman–Crippen MR) is 102 cm³/mol. The highest BCUT2D eigenvalue weighted by molar-refractivity contribution is 6.74. The van der Waals surface area contributed by atoms with Crippen LogP contribution in [-0.2, 0) is 0 Å². The molecule has 4 N–H and O–H groups in total. The maximum Gasteiger partial charge on any atom is 0.250 e. The summed E-state index contributed by atoms with van der Waals surface area (Å²) in [5.74, 6) is 1.48. The summed E-state index contributed by atoms with van der Waals surface area (Å²) in [5, 5.41) is 8.44. The van der Waals surface area contributed by atoms with E-state index in [9.17, 15) is 0 Å². The van der Waals surface area contributed by atoms with Crippen molar-refractivity contribution in [2.75, 3.05) is 11.5 Å². The van der Waals surface area contributed by atoms with E-state index in [4.69, 9.17) is 15.9 Å². The number of benzene rings is 1. The van der Waals surface area contributed by atoms with Gasteiger partial charge in [0.25, 0.3) is 0 Å². The molecule has 1 aromatic carbocycles. The number of nitrogens with zero attached hydrogens (tertiary/aromatic N) is 3. The van der Waals surface area contributed by atoms with Gasteiger partial charge in [0.2, 0.25) is 8.32 Å². The standard InChI is InChI=1S/C17H25N5OSi/c1-17(2,3)24(4,5)23-13-8-6-12(7-9-13)21-22-14-10-11-15(18)20-16(14)19/h6-11H,1-5H3,(H4,18,19,20). The molecule has 0 atom stereocenters. The van der Waals surface area contributed by atoms with Crippen LogP contribution < -0.4 is 15.9 Å². The van der Waals surface area contributed by atoms with Gasteiger partial charge in [0.1, 0.15) is 17.3 Å². The zero-order chi connectivity index (χ0) is 18.0. The van der Waals surface area contributed by atoms with Gasteiger partial charge in [0.15, 0.2) is 5.82 Å². The van der Waals surface area contributed by atoms with Gasteiger partial charge in [-0.25, -0.2) is 4.98 Å². The topological polar surface area (TPSA) is 98.9 Å². The lowest BCUT2D eigenvalue weighted by Crippen LogP contribution is -2.43. The van der Waals surface area contributed by atoms with E-state index >= 15 is 0 Å². The minimum atomic E-state index is -1.84. The zero-order valence-electron chi connectivity index (χ0n) is 14.9. The Hall–Kier alpha value is -2.41. The van der Waals surface area contributed by atoms with Gasteiger partial charge in [-0.2, -0.15) is 5.11 Å². The second-order valence-corrected chi connectivity index (χ2v) is 11.9. The minimum Gasteiger partial charge on any atom is -0.544 e. The highest BCUT2D eigenvalue weighted by Gasteiger charge is 2.38. The van der Waals surface area contributed by atoms with Gasteiger partial charge in [0.05, 0.1) is 5.69 Å². The van der Waals surface area contributed by atoms with Gasteiger partial charge in [-0.3, -0.25) is 0 Å². The molecular weight excluding hydrogens is 318 g/mol. The molecule has 0 radical (unpaired) electrons. The van der Waals surface area contributed by atoms with Crippen LogP contribution >= 0.6 is 0 Å². The molecule has 7 heteroatoms. The van der Waals surface area contributed by atoms with Crippen LogP contribution in [0.25, 0.3) is 0 Å². The fourth-order valence-corrected chi connectivity index (χ4v) is 2.74. The molecule has 1 aromatic heterocycles. The average Bonchev–Trinajstić information content (AvgIpc) is 2.46. The van der Waals surface area contributed by atoms with E-state index < -0.39 is 8.32 Å². The van der Waals surface area contributed by atoms with E-state index in [0.29, 0.717) is 17.2 Å². The van der Waals surface area contributed by atoms with Crippen LogP contribution in [0.2, 0.25) is 18.1 Å². The molecule has 0 spiro atoms. The first-order valence-corrected chi connectivity index (χ1v) is 10.7. The SMILES string of the molecule is CC(C)(C)[Si](C)(C)Oc1ccc(N=Nc2ccc(N)nc2N)cc1. The van der Waals surface area contributed by atoms with E-state index in [-0.39, 0.29) is 10.9 Å². The van der Waals surface area contributed by atoms with E-state index in [2.05, 4.69) is 49.1 Å². The first-order valence-electron chi connectivity index (χ1n) is 7.81. The van der Waals surface area contributed by atoms with Gasteiger partial charge in [-0.05, 0) is 54.5 Å². The molecule has 0 saturated carbocycles. The normalized spacial score (nSPS) is 12.5. The van der Waals surface area contributed by atoms with Crippen molar-refractivity contribution in [1.82, 2.24) is 4.98 Å². The second-order valence-electron chi connectivity index (χ2n) is 7.20. The second kappa shape index (κ2) is 6.60. The largest absolute Gasteiger partial charge is 0.544 e. The summed E-state index contributed by atoms with van der Waals surface area (Å²) in [6.07, 6.45) is 0. The van der Waals surface area contributed by atoms with Crippen LogP contribution in [0.5, 0.6) is 5.75 Å². The predicted octanol–water partition coefficient (Wildman–Crippen LogP) is 5.05. The van der Waals surface area contributed by atoms with Crippen molar-refractivity contribution >= 4 is 31.3 Å². The molecular formula is C17H25N5OSi. The van der Waals surface area contributed by atoms with E-state index in [1.54, 1.807) is 12.1 Å². The monoisotopic (exact) mass is 343 g/mol. The fourth-order valence-electron chi connectivity index (χ4n) is 1.71. The Labute approximate surface area is 144 Å². The number of nitrogen functional groups attached to an aromatic ring is 2. The molecule has 0 aliphatic carbocycles. The number of hydrogen-bond acceptors (Lipinski definition) is 6. The molecule has 6 nitrogen and oxygen atoms in total. The first-order chi connectivity index (χ1) is 11.1. The van der Waals surface area contributed by atoms with Gasteiger partial charge < -0.3 is 15.9 Å². The molecule has 128 valence electrons. The summed E-state index contributed by atoms with van der Waals surface area (Å²) < 4.78 is 6.24. The number of azo groups is 1.